The molecule has 6 heteroatoms. The van der Waals surface area contributed by atoms with Gasteiger partial charge in [-0.05, 0) is 38.1 Å². The van der Waals surface area contributed by atoms with Crippen LogP contribution in [0, 0.1) is 24.3 Å². The van der Waals surface area contributed by atoms with Crippen molar-refractivity contribution in [3.8, 4) is 11.5 Å². The molecule has 2 N–H and O–H groups in total. The Kier molecular flexibility index (Phi) is 6.11. The molecule has 0 radical (unpaired) electrons. The second kappa shape index (κ2) is 8.51. The Morgan fingerprint density at radius 3 is 1.27 bits per heavy atom. The maximum Gasteiger partial charge on any atom is 0.190 e. The quantitative estimate of drug-likeness (QED) is 0.771. The fraction of sp³-hybridized carbons (Fsp3) is 0.400. The molecule has 0 bridgehead atoms. The molecular formula is C20H26N2O4. The van der Waals surface area contributed by atoms with Gasteiger partial charge in [-0.3, -0.25) is 0 Å². The number of hydrogen-bond acceptors (Lipinski definition) is 4. The Morgan fingerprint density at radius 1 is 0.654 bits per heavy atom. The molecule has 140 valence electrons. The van der Waals surface area contributed by atoms with E-state index in [2.05, 4.69) is 0 Å². The van der Waals surface area contributed by atoms with Crippen molar-refractivity contribution in [1.29, 1.82) is 0 Å². The topological polar surface area (TPSA) is 73.5 Å². The zero-order valence-corrected chi connectivity index (χ0v) is 15.2. The van der Waals surface area contributed by atoms with Crippen molar-refractivity contribution >= 4 is 0 Å². The molecule has 2 aromatic rings. The molecule has 2 atom stereocenters. The van der Waals surface area contributed by atoms with Gasteiger partial charge in [-0.25, -0.2) is 0 Å². The molecule has 0 spiro atoms. The summed E-state index contributed by atoms with van der Waals surface area (Å²) in [5, 5.41) is 24.2. The number of nitrogens with one attached hydrogen (secondary N) is 2. The van der Waals surface area contributed by atoms with Gasteiger partial charge in [0.05, 0.1) is 0 Å². The highest BCUT2D eigenvalue weighted by atomic mass is 16.9. The standard InChI is InChI=1S/C20H26N2O4/c1-15-3-11-19(12-4-15)25-21(23)17-7-9-18(10-8-17)22(24)26-20-13-5-16(2)6-14-20/h3-6,11-14,17-18,21-22H,7-10H2,1-2H3. The number of rotatable bonds is 6. The van der Waals surface area contributed by atoms with Gasteiger partial charge in [-0.2, -0.15) is 10.5 Å². The summed E-state index contributed by atoms with van der Waals surface area (Å²) in [6.45, 7) is 3.98. The highest BCUT2D eigenvalue weighted by Gasteiger charge is 2.31. The van der Waals surface area contributed by atoms with E-state index in [0.717, 1.165) is 11.1 Å². The SMILES string of the molecule is Cc1ccc(O[NH+]([O-])C2CCC([NH+]([O-])Oc3ccc(C)cc3)CC2)cc1. The Bertz CT molecular complexity index is 620. The van der Waals surface area contributed by atoms with Crippen LogP contribution in [0.4, 0.5) is 0 Å². The zero-order chi connectivity index (χ0) is 18.5. The summed E-state index contributed by atoms with van der Waals surface area (Å²) in [6.07, 6.45) is 2.60. The minimum absolute atomic E-state index is 0.153. The first-order chi connectivity index (χ1) is 12.5. The number of quaternary nitrogens is 2. The normalized spacial score (nSPS) is 22.5. The van der Waals surface area contributed by atoms with Gasteiger partial charge in [0, 0.05) is 25.7 Å². The van der Waals surface area contributed by atoms with E-state index in [4.69, 9.17) is 9.68 Å². The lowest BCUT2D eigenvalue weighted by Crippen LogP contribution is -3.15. The molecule has 3 rings (SSSR count). The number of hydrogen-bond donors (Lipinski definition) is 2. The van der Waals surface area contributed by atoms with E-state index in [1.54, 1.807) is 24.3 Å². The van der Waals surface area contributed by atoms with Gasteiger partial charge in [-0.15, -0.1) is 0 Å². The first-order valence-corrected chi connectivity index (χ1v) is 9.08. The van der Waals surface area contributed by atoms with Crippen LogP contribution in [0.25, 0.3) is 0 Å². The van der Waals surface area contributed by atoms with E-state index in [1.165, 1.54) is 0 Å². The summed E-state index contributed by atoms with van der Waals surface area (Å²) in [4.78, 5) is 10.9. The minimum Gasteiger partial charge on any atom is -0.591 e. The Labute approximate surface area is 154 Å². The second-order valence-corrected chi connectivity index (χ2v) is 7.02. The fourth-order valence-electron chi connectivity index (χ4n) is 3.18. The highest BCUT2D eigenvalue weighted by molar-refractivity contribution is 5.26. The number of aryl methyl sites for hydroxylation is 2. The summed E-state index contributed by atoms with van der Waals surface area (Å²) in [6, 6.07) is 14.6. The van der Waals surface area contributed by atoms with Crippen LogP contribution >= 0.6 is 0 Å². The molecule has 0 saturated heterocycles. The summed E-state index contributed by atoms with van der Waals surface area (Å²) in [7, 11) is 0. The first kappa shape index (κ1) is 18.7. The van der Waals surface area contributed by atoms with Gasteiger partial charge < -0.3 is 20.1 Å². The zero-order valence-electron chi connectivity index (χ0n) is 15.2. The van der Waals surface area contributed by atoms with E-state index < -0.39 is 0 Å². The van der Waals surface area contributed by atoms with Crippen molar-refractivity contribution in [2.45, 2.75) is 51.6 Å². The van der Waals surface area contributed by atoms with Crippen LogP contribution in [0.5, 0.6) is 11.5 Å². The molecule has 26 heavy (non-hydrogen) atoms. The predicted octanol–water partition coefficient (Wildman–Crippen LogP) is 1.67. The monoisotopic (exact) mass is 358 g/mol. The second-order valence-electron chi connectivity index (χ2n) is 7.02. The highest BCUT2D eigenvalue weighted by Crippen LogP contribution is 2.17. The van der Waals surface area contributed by atoms with Crippen molar-refractivity contribution < 1.29 is 20.1 Å². The van der Waals surface area contributed by atoms with Crippen LogP contribution in [0.2, 0.25) is 0 Å². The van der Waals surface area contributed by atoms with Gasteiger partial charge in [0.15, 0.2) is 11.5 Å². The fourth-order valence-corrected chi connectivity index (χ4v) is 3.18. The van der Waals surface area contributed by atoms with E-state index in [0.29, 0.717) is 37.2 Å². The molecule has 0 heterocycles. The smallest absolute Gasteiger partial charge is 0.190 e. The maximum absolute atomic E-state index is 12.3. The third-order valence-corrected chi connectivity index (χ3v) is 4.87. The van der Waals surface area contributed by atoms with Crippen LogP contribution in [0.15, 0.2) is 48.5 Å². The van der Waals surface area contributed by atoms with Gasteiger partial charge in [0.1, 0.15) is 12.1 Å². The lowest BCUT2D eigenvalue weighted by Gasteiger charge is -2.36. The maximum atomic E-state index is 12.3. The third-order valence-electron chi connectivity index (χ3n) is 4.87. The summed E-state index contributed by atoms with van der Waals surface area (Å²) in [5.74, 6) is 1.14. The minimum atomic E-state index is -0.209. The molecule has 0 aromatic heterocycles. The van der Waals surface area contributed by atoms with Gasteiger partial charge in [0.25, 0.3) is 0 Å². The van der Waals surface area contributed by atoms with E-state index >= 15 is 0 Å². The summed E-state index contributed by atoms with van der Waals surface area (Å²) < 4.78 is 0. The van der Waals surface area contributed by atoms with E-state index in [-0.39, 0.29) is 22.5 Å². The molecule has 1 aliphatic carbocycles. The number of hydroxylamine groups is 4. The lowest BCUT2D eigenvalue weighted by atomic mass is 9.92. The molecule has 0 aliphatic heterocycles. The van der Waals surface area contributed by atoms with Crippen LogP contribution in [0.3, 0.4) is 0 Å². The van der Waals surface area contributed by atoms with Gasteiger partial charge in [-0.1, -0.05) is 35.4 Å². The van der Waals surface area contributed by atoms with E-state index in [9.17, 15) is 10.4 Å². The molecule has 1 saturated carbocycles. The predicted molar refractivity (Wildman–Crippen MR) is 98.3 cm³/mol. The first-order valence-electron chi connectivity index (χ1n) is 9.08. The summed E-state index contributed by atoms with van der Waals surface area (Å²) >= 11 is 0. The van der Waals surface area contributed by atoms with Crippen molar-refractivity contribution in [3.63, 3.8) is 0 Å². The average molecular weight is 358 g/mol. The van der Waals surface area contributed by atoms with E-state index in [1.807, 2.05) is 38.1 Å². The van der Waals surface area contributed by atoms with Gasteiger partial charge >= 0.3 is 0 Å². The van der Waals surface area contributed by atoms with Crippen molar-refractivity contribution in [2.24, 2.45) is 0 Å². The average Bonchev–Trinajstić information content (AvgIpc) is 2.65. The largest absolute Gasteiger partial charge is 0.591 e. The Morgan fingerprint density at radius 2 is 0.962 bits per heavy atom. The van der Waals surface area contributed by atoms with Crippen LogP contribution in [-0.2, 0) is 0 Å². The van der Waals surface area contributed by atoms with Crippen LogP contribution < -0.4 is 20.1 Å². The van der Waals surface area contributed by atoms with Crippen molar-refractivity contribution in [3.05, 3.63) is 70.1 Å². The Hall–Kier alpha value is -2.12. The van der Waals surface area contributed by atoms with Crippen molar-refractivity contribution in [2.75, 3.05) is 0 Å². The van der Waals surface area contributed by atoms with Crippen LogP contribution in [0.1, 0.15) is 36.8 Å². The lowest BCUT2D eigenvalue weighted by molar-refractivity contribution is -1.05. The number of benzene rings is 2. The molecule has 2 unspecified atom stereocenters. The Balaban J connectivity index is 1.47. The van der Waals surface area contributed by atoms with Crippen LogP contribution in [-0.4, -0.2) is 12.1 Å². The molecule has 1 aliphatic rings. The molecular weight excluding hydrogens is 332 g/mol. The summed E-state index contributed by atoms with van der Waals surface area (Å²) in [5.41, 5.74) is 2.25. The van der Waals surface area contributed by atoms with Crippen molar-refractivity contribution in [1.82, 2.24) is 0 Å². The molecule has 0 amide bonds. The third kappa shape index (κ3) is 4.95. The molecule has 1 fully saturated rings. The molecule has 6 nitrogen and oxygen atoms in total. The molecule has 2 aromatic carbocycles. The van der Waals surface area contributed by atoms with Gasteiger partial charge in [0.2, 0.25) is 0 Å².